The van der Waals surface area contributed by atoms with Crippen LogP contribution in [0.15, 0.2) is 12.1 Å². The monoisotopic (exact) mass is 331 g/mol. The largest absolute Gasteiger partial charge is 0.464 e. The summed E-state index contributed by atoms with van der Waals surface area (Å²) in [5.41, 5.74) is 4.69. The van der Waals surface area contributed by atoms with Crippen LogP contribution < -0.4 is 0 Å². The molecule has 0 spiro atoms. The van der Waals surface area contributed by atoms with E-state index in [1.54, 1.807) is 11.8 Å². The highest BCUT2D eigenvalue weighted by Gasteiger charge is 2.35. The number of ether oxygens (including phenoxy) is 1. The summed E-state index contributed by atoms with van der Waals surface area (Å²) in [6.07, 6.45) is 2.61. The van der Waals surface area contributed by atoms with E-state index < -0.39 is 6.04 Å². The molecule has 1 aromatic rings. The molecule has 132 valence electrons. The lowest BCUT2D eigenvalue weighted by Gasteiger charge is -2.35. The van der Waals surface area contributed by atoms with Gasteiger partial charge in [0.2, 0.25) is 5.91 Å². The summed E-state index contributed by atoms with van der Waals surface area (Å²) >= 11 is 0. The maximum Gasteiger partial charge on any atom is 0.328 e. The molecule has 1 aliphatic rings. The Morgan fingerprint density at radius 1 is 1.21 bits per heavy atom. The Morgan fingerprint density at radius 2 is 1.83 bits per heavy atom. The van der Waals surface area contributed by atoms with Crippen LogP contribution in [0.25, 0.3) is 0 Å². The van der Waals surface area contributed by atoms with Crippen molar-refractivity contribution in [2.45, 2.75) is 65.8 Å². The molecule has 2 rings (SSSR count). The second kappa shape index (κ2) is 7.82. The normalized spacial score (nSPS) is 19.0. The first-order valence-corrected chi connectivity index (χ1v) is 8.91. The Hall–Kier alpha value is -1.84. The Kier molecular flexibility index (Phi) is 6.03. The number of carbonyl (C=O) groups is 2. The summed E-state index contributed by atoms with van der Waals surface area (Å²) in [6, 6.07) is 3.75. The molecule has 0 saturated carbocycles. The van der Waals surface area contributed by atoms with Crippen molar-refractivity contribution in [3.8, 4) is 0 Å². The topological polar surface area (TPSA) is 46.6 Å². The van der Waals surface area contributed by atoms with Crippen molar-refractivity contribution in [2.75, 3.05) is 13.2 Å². The molecule has 24 heavy (non-hydrogen) atoms. The molecule has 0 aromatic heterocycles. The summed E-state index contributed by atoms with van der Waals surface area (Å²) in [5.74, 6) is -0.498. The van der Waals surface area contributed by atoms with Crippen molar-refractivity contribution in [3.05, 3.63) is 34.4 Å². The lowest BCUT2D eigenvalue weighted by molar-refractivity contribution is -0.157. The number of amides is 1. The van der Waals surface area contributed by atoms with Crippen LogP contribution in [0, 0.1) is 20.8 Å². The zero-order valence-electron chi connectivity index (χ0n) is 15.5. The standard InChI is InChI=1S/C20H29NO3/c1-6-24-20(23)18-9-7-8-10-21(18)19(22)16(5)17-11-13(2)15(4)14(3)12-17/h11-12,16,18H,6-10H2,1-5H3. The van der Waals surface area contributed by atoms with Gasteiger partial charge in [-0.15, -0.1) is 0 Å². The van der Waals surface area contributed by atoms with Gasteiger partial charge >= 0.3 is 5.97 Å². The molecule has 0 bridgehead atoms. The van der Waals surface area contributed by atoms with Gasteiger partial charge in [-0.2, -0.15) is 0 Å². The summed E-state index contributed by atoms with van der Waals surface area (Å²) < 4.78 is 5.17. The van der Waals surface area contributed by atoms with E-state index in [0.717, 1.165) is 18.4 Å². The van der Waals surface area contributed by atoms with E-state index in [1.807, 2.05) is 6.92 Å². The smallest absolute Gasteiger partial charge is 0.328 e. The van der Waals surface area contributed by atoms with Gasteiger partial charge in [-0.05, 0) is 76.1 Å². The fourth-order valence-corrected chi connectivity index (χ4v) is 3.39. The maximum atomic E-state index is 13.0. The average molecular weight is 331 g/mol. The fraction of sp³-hybridized carbons (Fsp3) is 0.600. The first-order chi connectivity index (χ1) is 11.4. The summed E-state index contributed by atoms with van der Waals surface area (Å²) in [7, 11) is 0. The van der Waals surface area contributed by atoms with Crippen LogP contribution in [-0.4, -0.2) is 36.0 Å². The summed E-state index contributed by atoms with van der Waals surface area (Å²) in [5, 5.41) is 0. The minimum Gasteiger partial charge on any atom is -0.464 e. The van der Waals surface area contributed by atoms with Crippen LogP contribution in [0.5, 0.6) is 0 Å². The maximum absolute atomic E-state index is 13.0. The number of hydrogen-bond donors (Lipinski definition) is 0. The van der Waals surface area contributed by atoms with E-state index in [0.29, 0.717) is 19.6 Å². The third kappa shape index (κ3) is 3.80. The minimum atomic E-state index is -0.429. The van der Waals surface area contributed by atoms with Gasteiger partial charge in [0.05, 0.1) is 12.5 Å². The second-order valence-electron chi connectivity index (χ2n) is 6.80. The number of piperidine rings is 1. The number of carbonyl (C=O) groups excluding carboxylic acids is 2. The molecular formula is C20H29NO3. The van der Waals surface area contributed by atoms with E-state index >= 15 is 0 Å². The van der Waals surface area contributed by atoms with Crippen LogP contribution in [0.4, 0.5) is 0 Å². The van der Waals surface area contributed by atoms with Gasteiger partial charge in [-0.25, -0.2) is 4.79 Å². The first kappa shape index (κ1) is 18.5. The second-order valence-corrected chi connectivity index (χ2v) is 6.80. The van der Waals surface area contributed by atoms with Crippen molar-refractivity contribution < 1.29 is 14.3 Å². The number of likely N-dealkylation sites (tertiary alicyclic amines) is 1. The minimum absolute atomic E-state index is 0.0235. The van der Waals surface area contributed by atoms with E-state index in [2.05, 4.69) is 32.9 Å². The number of aryl methyl sites for hydroxylation is 2. The molecule has 0 aliphatic carbocycles. The molecule has 1 heterocycles. The van der Waals surface area contributed by atoms with Crippen molar-refractivity contribution >= 4 is 11.9 Å². The van der Waals surface area contributed by atoms with E-state index in [4.69, 9.17) is 4.74 Å². The highest BCUT2D eigenvalue weighted by atomic mass is 16.5. The van der Waals surface area contributed by atoms with Crippen LogP contribution in [0.2, 0.25) is 0 Å². The molecule has 4 heteroatoms. The van der Waals surface area contributed by atoms with Gasteiger partial charge < -0.3 is 9.64 Å². The number of esters is 1. The first-order valence-electron chi connectivity index (χ1n) is 8.91. The fourth-order valence-electron chi connectivity index (χ4n) is 3.39. The van der Waals surface area contributed by atoms with Gasteiger partial charge in [0, 0.05) is 6.54 Å². The van der Waals surface area contributed by atoms with Crippen LogP contribution in [0.1, 0.15) is 61.3 Å². The third-order valence-electron chi connectivity index (χ3n) is 5.16. The van der Waals surface area contributed by atoms with Gasteiger partial charge in [0.15, 0.2) is 0 Å². The summed E-state index contributed by atoms with van der Waals surface area (Å²) in [6.45, 7) is 11.0. The Balaban J connectivity index is 2.23. The van der Waals surface area contributed by atoms with Crippen LogP contribution in [-0.2, 0) is 14.3 Å². The predicted molar refractivity (Wildman–Crippen MR) is 95.1 cm³/mol. The molecule has 2 unspecified atom stereocenters. The zero-order chi connectivity index (χ0) is 17.9. The van der Waals surface area contributed by atoms with E-state index in [-0.39, 0.29) is 17.8 Å². The molecule has 4 nitrogen and oxygen atoms in total. The Bertz CT molecular complexity index is 600. The van der Waals surface area contributed by atoms with Gasteiger partial charge in [-0.1, -0.05) is 12.1 Å². The molecular weight excluding hydrogens is 302 g/mol. The zero-order valence-corrected chi connectivity index (χ0v) is 15.5. The highest BCUT2D eigenvalue weighted by Crippen LogP contribution is 2.27. The molecule has 1 aromatic carbocycles. The van der Waals surface area contributed by atoms with Gasteiger partial charge in [0.25, 0.3) is 0 Å². The van der Waals surface area contributed by atoms with Gasteiger partial charge in [0.1, 0.15) is 6.04 Å². The van der Waals surface area contributed by atoms with Gasteiger partial charge in [-0.3, -0.25) is 4.79 Å². The van der Waals surface area contributed by atoms with E-state index in [9.17, 15) is 9.59 Å². The van der Waals surface area contributed by atoms with E-state index in [1.165, 1.54) is 16.7 Å². The quantitative estimate of drug-likeness (QED) is 0.791. The molecule has 0 N–H and O–H groups in total. The highest BCUT2D eigenvalue weighted by molar-refractivity contribution is 5.88. The lowest BCUT2D eigenvalue weighted by atomic mass is 9.91. The third-order valence-corrected chi connectivity index (χ3v) is 5.16. The average Bonchev–Trinajstić information content (AvgIpc) is 2.58. The van der Waals surface area contributed by atoms with Crippen molar-refractivity contribution in [1.29, 1.82) is 0 Å². The van der Waals surface area contributed by atoms with Crippen molar-refractivity contribution in [3.63, 3.8) is 0 Å². The number of hydrogen-bond acceptors (Lipinski definition) is 3. The molecule has 1 fully saturated rings. The summed E-state index contributed by atoms with van der Waals surface area (Å²) in [4.78, 5) is 27.0. The molecule has 0 radical (unpaired) electrons. The van der Waals surface area contributed by atoms with Crippen LogP contribution >= 0.6 is 0 Å². The van der Waals surface area contributed by atoms with Crippen molar-refractivity contribution in [1.82, 2.24) is 4.90 Å². The molecule has 1 saturated heterocycles. The molecule has 1 amide bonds. The Labute approximate surface area is 145 Å². The number of nitrogens with zero attached hydrogens (tertiary/aromatic N) is 1. The number of benzene rings is 1. The Morgan fingerprint density at radius 3 is 2.42 bits per heavy atom. The SMILES string of the molecule is CCOC(=O)C1CCCCN1C(=O)C(C)c1cc(C)c(C)c(C)c1. The van der Waals surface area contributed by atoms with Crippen molar-refractivity contribution in [2.24, 2.45) is 0 Å². The number of rotatable bonds is 4. The predicted octanol–water partition coefficient (Wildman–Crippen LogP) is 3.66. The lowest BCUT2D eigenvalue weighted by Crippen LogP contribution is -2.50. The molecule has 1 aliphatic heterocycles. The van der Waals surface area contributed by atoms with Crippen LogP contribution in [0.3, 0.4) is 0 Å². The molecule has 2 atom stereocenters.